The van der Waals surface area contributed by atoms with E-state index in [4.69, 9.17) is 9.47 Å². The molecule has 0 aromatic carbocycles. The molecule has 0 aromatic heterocycles. The molecule has 0 heterocycles. The Kier molecular flexibility index (Phi) is 11.0. The van der Waals surface area contributed by atoms with Crippen LogP contribution in [0.15, 0.2) is 0 Å². The van der Waals surface area contributed by atoms with Crippen molar-refractivity contribution in [3.8, 4) is 0 Å². The Hall–Kier alpha value is -0.100. The molecule has 17 heavy (non-hydrogen) atoms. The van der Waals surface area contributed by atoms with Crippen molar-refractivity contribution in [1.82, 2.24) is 5.32 Å². The molecule has 0 aliphatic heterocycles. The van der Waals surface area contributed by atoms with Gasteiger partial charge in [-0.2, -0.15) is 12.6 Å². The van der Waals surface area contributed by atoms with Crippen molar-refractivity contribution in [2.45, 2.75) is 32.6 Å². The largest absolute Gasteiger partial charge is 0.378 e. The van der Waals surface area contributed by atoms with Gasteiger partial charge in [-0.05, 0) is 6.42 Å². The minimum Gasteiger partial charge on any atom is -0.378 e. The van der Waals surface area contributed by atoms with Crippen molar-refractivity contribution in [3.05, 3.63) is 0 Å². The van der Waals surface area contributed by atoms with E-state index in [2.05, 4.69) is 24.9 Å². The summed E-state index contributed by atoms with van der Waals surface area (Å²) in [6.45, 7) is 8.42. The fourth-order valence-corrected chi connectivity index (χ4v) is 1.13. The molecule has 0 radical (unpaired) electrons. The van der Waals surface area contributed by atoms with Crippen LogP contribution >= 0.6 is 12.6 Å². The number of carbonyl (C=O) groups excluding carboxylic acids is 1. The second kappa shape index (κ2) is 11.0. The fraction of sp³-hybridized carbons (Fsp3) is 0.917. The summed E-state index contributed by atoms with van der Waals surface area (Å²) < 4.78 is 10.5. The number of ether oxygens (including phenoxy) is 2. The lowest BCUT2D eigenvalue weighted by Gasteiger charge is -2.10. The number of Topliss-reactive ketones (excluding diaryl/α,β-unsaturated/α-hetero) is 1. The molecule has 0 fully saturated rings. The Labute approximate surface area is 110 Å². The topological polar surface area (TPSA) is 47.6 Å². The molecule has 0 saturated heterocycles. The van der Waals surface area contributed by atoms with E-state index in [1.165, 1.54) is 0 Å². The van der Waals surface area contributed by atoms with Crippen molar-refractivity contribution >= 4 is 18.4 Å². The van der Waals surface area contributed by atoms with Gasteiger partial charge in [-0.15, -0.1) is 0 Å². The van der Waals surface area contributed by atoms with Gasteiger partial charge in [-0.3, -0.25) is 4.79 Å². The standard InChI is InChI=1S/C12H25NO3S/c1-4-12(17)13-5-6-15-7-8-16-9-11(14)10(2)3/h10,12-13,17H,4-9H2,1-3H3. The first-order chi connectivity index (χ1) is 8.07. The molecule has 0 aromatic rings. The van der Waals surface area contributed by atoms with E-state index in [0.29, 0.717) is 19.8 Å². The molecule has 0 amide bonds. The molecule has 1 N–H and O–H groups in total. The van der Waals surface area contributed by atoms with Crippen LogP contribution in [0, 0.1) is 5.92 Å². The molecular weight excluding hydrogens is 238 g/mol. The Morgan fingerprint density at radius 3 is 2.47 bits per heavy atom. The second-order valence-corrected chi connectivity index (χ2v) is 4.79. The van der Waals surface area contributed by atoms with Crippen LogP contribution in [-0.4, -0.2) is 44.1 Å². The molecule has 1 unspecified atom stereocenters. The predicted molar refractivity (Wildman–Crippen MR) is 72.6 cm³/mol. The van der Waals surface area contributed by atoms with E-state index < -0.39 is 0 Å². The van der Waals surface area contributed by atoms with Crippen LogP contribution < -0.4 is 5.32 Å². The number of hydrogen-bond donors (Lipinski definition) is 2. The van der Waals surface area contributed by atoms with Gasteiger partial charge in [0.15, 0.2) is 5.78 Å². The van der Waals surface area contributed by atoms with Gasteiger partial charge in [0.2, 0.25) is 0 Å². The predicted octanol–water partition coefficient (Wildman–Crippen LogP) is 1.50. The first-order valence-corrected chi connectivity index (χ1v) is 6.69. The van der Waals surface area contributed by atoms with Crippen molar-refractivity contribution in [2.75, 3.05) is 33.0 Å². The molecule has 5 heteroatoms. The maximum Gasteiger partial charge on any atom is 0.160 e. The van der Waals surface area contributed by atoms with Crippen molar-refractivity contribution in [1.29, 1.82) is 0 Å². The summed E-state index contributed by atoms with van der Waals surface area (Å²) in [7, 11) is 0. The lowest BCUT2D eigenvalue weighted by molar-refractivity contribution is -0.127. The smallest absolute Gasteiger partial charge is 0.160 e. The maximum atomic E-state index is 11.2. The fourth-order valence-electron chi connectivity index (χ4n) is 1.00. The first kappa shape index (κ1) is 16.9. The molecule has 0 bridgehead atoms. The molecule has 0 aliphatic rings. The Balaban J connectivity index is 3.16. The Morgan fingerprint density at radius 1 is 1.24 bits per heavy atom. The minimum absolute atomic E-state index is 0.0430. The van der Waals surface area contributed by atoms with E-state index in [1.807, 2.05) is 13.8 Å². The van der Waals surface area contributed by atoms with Gasteiger partial charge in [0, 0.05) is 12.5 Å². The average Bonchev–Trinajstić information content (AvgIpc) is 2.31. The van der Waals surface area contributed by atoms with E-state index >= 15 is 0 Å². The van der Waals surface area contributed by atoms with Gasteiger partial charge in [0.05, 0.1) is 25.2 Å². The zero-order chi connectivity index (χ0) is 13.1. The van der Waals surface area contributed by atoms with E-state index in [0.717, 1.165) is 13.0 Å². The Bertz CT molecular complexity index is 200. The van der Waals surface area contributed by atoms with Crippen LogP contribution in [0.1, 0.15) is 27.2 Å². The van der Waals surface area contributed by atoms with Gasteiger partial charge in [-0.25, -0.2) is 0 Å². The monoisotopic (exact) mass is 263 g/mol. The van der Waals surface area contributed by atoms with Crippen LogP contribution in [0.4, 0.5) is 0 Å². The highest BCUT2D eigenvalue weighted by Crippen LogP contribution is 1.95. The summed E-state index contributed by atoms with van der Waals surface area (Å²) in [6, 6.07) is 0. The van der Waals surface area contributed by atoms with Gasteiger partial charge in [0.25, 0.3) is 0 Å². The molecular formula is C12H25NO3S. The minimum atomic E-state index is 0.0430. The van der Waals surface area contributed by atoms with Crippen molar-refractivity contribution < 1.29 is 14.3 Å². The van der Waals surface area contributed by atoms with Crippen LogP contribution in [-0.2, 0) is 14.3 Å². The summed E-state index contributed by atoms with van der Waals surface area (Å²) in [5, 5.41) is 3.44. The lowest BCUT2D eigenvalue weighted by atomic mass is 10.1. The number of nitrogens with one attached hydrogen (secondary N) is 1. The van der Waals surface area contributed by atoms with Crippen molar-refractivity contribution in [3.63, 3.8) is 0 Å². The van der Waals surface area contributed by atoms with Gasteiger partial charge in [-0.1, -0.05) is 20.8 Å². The van der Waals surface area contributed by atoms with Crippen LogP contribution in [0.25, 0.3) is 0 Å². The zero-order valence-corrected chi connectivity index (χ0v) is 12.0. The number of hydrogen-bond acceptors (Lipinski definition) is 5. The van der Waals surface area contributed by atoms with Crippen LogP contribution in [0.3, 0.4) is 0 Å². The average molecular weight is 263 g/mol. The summed E-state index contributed by atoms with van der Waals surface area (Å²) >= 11 is 4.30. The van der Waals surface area contributed by atoms with Crippen LogP contribution in [0.5, 0.6) is 0 Å². The summed E-state index contributed by atoms with van der Waals surface area (Å²) in [6.07, 6.45) is 0.990. The number of thiol groups is 1. The summed E-state index contributed by atoms with van der Waals surface area (Å²) in [5.41, 5.74) is 0. The first-order valence-electron chi connectivity index (χ1n) is 6.17. The molecule has 1 atom stereocenters. The van der Waals surface area contributed by atoms with Crippen molar-refractivity contribution in [2.24, 2.45) is 5.92 Å². The maximum absolute atomic E-state index is 11.2. The van der Waals surface area contributed by atoms with E-state index in [1.54, 1.807) is 0 Å². The highest BCUT2D eigenvalue weighted by atomic mass is 32.1. The van der Waals surface area contributed by atoms with E-state index in [9.17, 15) is 4.79 Å². The van der Waals surface area contributed by atoms with Gasteiger partial charge < -0.3 is 14.8 Å². The zero-order valence-electron chi connectivity index (χ0n) is 11.1. The summed E-state index contributed by atoms with van der Waals surface area (Å²) in [5.74, 6) is 0.175. The lowest BCUT2D eigenvalue weighted by Crippen LogP contribution is -2.27. The van der Waals surface area contributed by atoms with Gasteiger partial charge >= 0.3 is 0 Å². The van der Waals surface area contributed by atoms with E-state index in [-0.39, 0.29) is 23.7 Å². The number of rotatable bonds is 11. The summed E-state index contributed by atoms with van der Waals surface area (Å²) in [4.78, 5) is 11.2. The number of carbonyl (C=O) groups is 1. The quantitative estimate of drug-likeness (QED) is 0.337. The third kappa shape index (κ3) is 10.8. The third-order valence-corrected chi connectivity index (χ3v) is 2.82. The molecule has 0 rings (SSSR count). The third-order valence-electron chi connectivity index (χ3n) is 2.27. The van der Waals surface area contributed by atoms with Crippen LogP contribution in [0.2, 0.25) is 0 Å². The molecule has 0 spiro atoms. The SMILES string of the molecule is CCC(S)NCCOCCOCC(=O)C(C)C. The Morgan fingerprint density at radius 2 is 1.88 bits per heavy atom. The molecule has 102 valence electrons. The number of ketones is 1. The van der Waals surface area contributed by atoms with Gasteiger partial charge in [0.1, 0.15) is 6.61 Å². The molecule has 0 aliphatic carbocycles. The normalized spacial score (nSPS) is 13.0. The molecule has 4 nitrogen and oxygen atoms in total. The highest BCUT2D eigenvalue weighted by molar-refractivity contribution is 7.80. The molecule has 0 saturated carbocycles. The highest BCUT2D eigenvalue weighted by Gasteiger charge is 2.06. The second-order valence-electron chi connectivity index (χ2n) is 4.16.